The van der Waals surface area contributed by atoms with Gasteiger partial charge in [-0.15, -0.1) is 0 Å². The number of nitrogens with zero attached hydrogens (tertiary/aromatic N) is 1. The number of methoxy groups -OCH3 is 1. The minimum atomic E-state index is -1.16. The third-order valence-electron chi connectivity index (χ3n) is 2.95. The van der Waals surface area contributed by atoms with Gasteiger partial charge in [0.15, 0.2) is 0 Å². The third kappa shape index (κ3) is 3.11. The van der Waals surface area contributed by atoms with E-state index < -0.39 is 17.6 Å². The first-order chi connectivity index (χ1) is 10.0. The van der Waals surface area contributed by atoms with Crippen molar-refractivity contribution in [2.24, 2.45) is 0 Å². The van der Waals surface area contributed by atoms with Crippen LogP contribution in [0.4, 0.5) is 0 Å². The fourth-order valence-electron chi connectivity index (χ4n) is 2.03. The second-order valence-electron chi connectivity index (χ2n) is 4.37. The van der Waals surface area contributed by atoms with Crippen LogP contribution in [0, 0.1) is 0 Å². The summed E-state index contributed by atoms with van der Waals surface area (Å²) in [4.78, 5) is 37.4. The number of para-hydroxylation sites is 1. The number of nitrogens with one attached hydrogen (secondary N) is 2. The number of ether oxygens (including phenoxy) is 1. The van der Waals surface area contributed by atoms with Crippen molar-refractivity contribution < 1.29 is 19.4 Å². The molecule has 0 unspecified atom stereocenters. The Morgan fingerprint density at radius 2 is 2.19 bits per heavy atom. The van der Waals surface area contributed by atoms with Crippen LogP contribution in [-0.2, 0) is 16.1 Å². The fourth-order valence-corrected chi connectivity index (χ4v) is 2.03. The molecule has 1 amide bonds. The number of hydrogen-bond donors (Lipinski definition) is 3. The second-order valence-corrected chi connectivity index (χ2v) is 4.37. The number of amides is 1. The van der Waals surface area contributed by atoms with Gasteiger partial charge in [-0.2, -0.15) is 0 Å². The lowest BCUT2D eigenvalue weighted by molar-refractivity contribution is -0.121. The summed E-state index contributed by atoms with van der Waals surface area (Å²) in [6, 6.07) is 4.50. The highest BCUT2D eigenvalue weighted by molar-refractivity contribution is 6.01. The first kappa shape index (κ1) is 14.8. The molecule has 21 heavy (non-hydrogen) atoms. The molecule has 0 aliphatic carbocycles. The Morgan fingerprint density at radius 1 is 1.43 bits per heavy atom. The summed E-state index contributed by atoms with van der Waals surface area (Å²) in [5.74, 6) is -1.55. The van der Waals surface area contributed by atoms with Crippen LogP contribution < -0.4 is 11.0 Å². The van der Waals surface area contributed by atoms with Crippen molar-refractivity contribution in [2.45, 2.75) is 6.54 Å². The molecule has 0 saturated heterocycles. The van der Waals surface area contributed by atoms with Crippen LogP contribution in [0.2, 0.25) is 0 Å². The minimum Gasteiger partial charge on any atom is -0.478 e. The van der Waals surface area contributed by atoms with Gasteiger partial charge >= 0.3 is 11.7 Å². The molecule has 0 atom stereocenters. The second kappa shape index (κ2) is 6.23. The van der Waals surface area contributed by atoms with Crippen molar-refractivity contribution in [1.29, 1.82) is 0 Å². The maximum atomic E-state index is 11.9. The van der Waals surface area contributed by atoms with Gasteiger partial charge in [-0.05, 0) is 12.1 Å². The van der Waals surface area contributed by atoms with E-state index in [-0.39, 0.29) is 17.6 Å². The lowest BCUT2D eigenvalue weighted by Crippen LogP contribution is -2.33. The van der Waals surface area contributed by atoms with E-state index in [1.807, 2.05) is 0 Å². The molecule has 8 nitrogen and oxygen atoms in total. The van der Waals surface area contributed by atoms with Gasteiger partial charge in [-0.1, -0.05) is 6.07 Å². The van der Waals surface area contributed by atoms with E-state index in [0.717, 1.165) is 4.57 Å². The van der Waals surface area contributed by atoms with Gasteiger partial charge in [-0.25, -0.2) is 9.59 Å². The van der Waals surface area contributed by atoms with Crippen LogP contribution in [0.3, 0.4) is 0 Å². The summed E-state index contributed by atoms with van der Waals surface area (Å²) in [5, 5.41) is 11.8. The first-order valence-electron chi connectivity index (χ1n) is 6.25. The first-order valence-corrected chi connectivity index (χ1v) is 6.25. The van der Waals surface area contributed by atoms with E-state index in [1.165, 1.54) is 19.2 Å². The summed E-state index contributed by atoms with van der Waals surface area (Å²) in [7, 11) is 1.51. The molecule has 112 valence electrons. The summed E-state index contributed by atoms with van der Waals surface area (Å²) >= 11 is 0. The number of aromatic nitrogens is 2. The Morgan fingerprint density at radius 3 is 2.86 bits per heavy atom. The summed E-state index contributed by atoms with van der Waals surface area (Å²) in [5.41, 5.74) is 0.0256. The van der Waals surface area contributed by atoms with Gasteiger partial charge in [0.05, 0.1) is 23.2 Å². The number of aromatic carboxylic acids is 1. The molecule has 8 heteroatoms. The van der Waals surface area contributed by atoms with E-state index >= 15 is 0 Å². The van der Waals surface area contributed by atoms with E-state index in [1.54, 1.807) is 6.07 Å². The average Bonchev–Trinajstić information content (AvgIpc) is 2.75. The normalized spacial score (nSPS) is 10.7. The molecule has 0 aliphatic heterocycles. The van der Waals surface area contributed by atoms with Crippen molar-refractivity contribution in [3.8, 4) is 0 Å². The zero-order valence-electron chi connectivity index (χ0n) is 11.4. The summed E-state index contributed by atoms with van der Waals surface area (Å²) in [6.45, 7) is 0.417. The molecule has 1 aromatic heterocycles. The largest absolute Gasteiger partial charge is 0.478 e. The summed E-state index contributed by atoms with van der Waals surface area (Å²) in [6.07, 6.45) is 0. The highest BCUT2D eigenvalue weighted by Crippen LogP contribution is 2.15. The zero-order chi connectivity index (χ0) is 15.4. The quantitative estimate of drug-likeness (QED) is 0.638. The topological polar surface area (TPSA) is 113 Å². The van der Waals surface area contributed by atoms with Crippen LogP contribution in [-0.4, -0.2) is 46.8 Å². The maximum Gasteiger partial charge on any atom is 0.337 e. The highest BCUT2D eigenvalue weighted by Gasteiger charge is 2.17. The van der Waals surface area contributed by atoms with Crippen molar-refractivity contribution in [3.63, 3.8) is 0 Å². The van der Waals surface area contributed by atoms with Crippen LogP contribution in [0.15, 0.2) is 23.0 Å². The van der Waals surface area contributed by atoms with Gasteiger partial charge in [0, 0.05) is 13.7 Å². The fraction of sp³-hybridized carbons (Fsp3) is 0.308. The molecule has 0 aliphatic rings. The molecule has 2 aromatic rings. The molecule has 0 radical (unpaired) electrons. The average molecular weight is 293 g/mol. The Kier molecular flexibility index (Phi) is 4.39. The number of benzene rings is 1. The predicted molar refractivity (Wildman–Crippen MR) is 74.4 cm³/mol. The van der Waals surface area contributed by atoms with E-state index in [9.17, 15) is 19.5 Å². The molecule has 0 saturated carbocycles. The SMILES string of the molecule is COCCNC(=O)Cn1c(=O)[nH]c2cccc(C(=O)O)c21. The number of carbonyl (C=O) groups is 2. The number of H-pyrrole nitrogens is 1. The molecule has 0 bridgehead atoms. The van der Waals surface area contributed by atoms with Crippen LogP contribution in [0.1, 0.15) is 10.4 Å². The van der Waals surface area contributed by atoms with Crippen LogP contribution >= 0.6 is 0 Å². The standard InChI is InChI=1S/C13H15N3O5/c1-21-6-5-14-10(17)7-16-11-8(12(18)19)3-2-4-9(11)15-13(16)20/h2-4H,5-7H2,1H3,(H,14,17)(H,15,20)(H,18,19). The number of carbonyl (C=O) groups excluding carboxylic acids is 1. The van der Waals surface area contributed by atoms with Crippen molar-refractivity contribution in [3.05, 3.63) is 34.2 Å². The van der Waals surface area contributed by atoms with Crippen LogP contribution in [0.25, 0.3) is 11.0 Å². The Balaban J connectivity index is 2.35. The van der Waals surface area contributed by atoms with E-state index in [2.05, 4.69) is 10.3 Å². The smallest absolute Gasteiger partial charge is 0.337 e. The lowest BCUT2D eigenvalue weighted by Gasteiger charge is -2.07. The summed E-state index contributed by atoms with van der Waals surface area (Å²) < 4.78 is 5.92. The Hall–Kier alpha value is -2.61. The van der Waals surface area contributed by atoms with Crippen LogP contribution in [0.5, 0.6) is 0 Å². The highest BCUT2D eigenvalue weighted by atomic mass is 16.5. The number of imidazole rings is 1. The van der Waals surface area contributed by atoms with Crippen molar-refractivity contribution >= 4 is 22.9 Å². The molecule has 0 fully saturated rings. The molecule has 0 spiro atoms. The third-order valence-corrected chi connectivity index (χ3v) is 2.95. The predicted octanol–water partition coefficient (Wildman–Crippen LogP) is -0.210. The van der Waals surface area contributed by atoms with Gasteiger partial charge in [0.2, 0.25) is 5.91 Å². The molecule has 1 heterocycles. The van der Waals surface area contributed by atoms with E-state index in [4.69, 9.17) is 4.74 Å². The molecular formula is C13H15N3O5. The number of rotatable bonds is 6. The number of aromatic amines is 1. The maximum absolute atomic E-state index is 11.9. The monoisotopic (exact) mass is 293 g/mol. The van der Waals surface area contributed by atoms with Crippen molar-refractivity contribution in [1.82, 2.24) is 14.9 Å². The molecular weight excluding hydrogens is 278 g/mol. The molecule has 3 N–H and O–H groups in total. The zero-order valence-corrected chi connectivity index (χ0v) is 11.4. The molecule has 2 rings (SSSR count). The molecule has 1 aromatic carbocycles. The Labute approximate surface area is 119 Å². The van der Waals surface area contributed by atoms with Crippen molar-refractivity contribution in [2.75, 3.05) is 20.3 Å². The van der Waals surface area contributed by atoms with Gasteiger partial charge in [0.25, 0.3) is 0 Å². The van der Waals surface area contributed by atoms with Gasteiger partial charge in [0.1, 0.15) is 6.54 Å². The van der Waals surface area contributed by atoms with E-state index in [0.29, 0.717) is 18.7 Å². The number of hydrogen-bond acceptors (Lipinski definition) is 4. The Bertz CT molecular complexity index is 731. The van der Waals surface area contributed by atoms with Gasteiger partial charge in [-0.3, -0.25) is 9.36 Å². The number of carboxylic acids is 1. The lowest BCUT2D eigenvalue weighted by atomic mass is 10.2. The van der Waals surface area contributed by atoms with Gasteiger partial charge < -0.3 is 20.1 Å². The number of carboxylic acid groups (broad SMARTS) is 1. The number of fused-ring (bicyclic) bond motifs is 1. The minimum absolute atomic E-state index is 0.0319.